The van der Waals surface area contributed by atoms with Crippen LogP contribution in [0, 0.1) is 23.2 Å². The summed E-state index contributed by atoms with van der Waals surface area (Å²) in [5.41, 5.74) is 0.820. The van der Waals surface area contributed by atoms with Crippen LogP contribution in [0.1, 0.15) is 36.8 Å². The van der Waals surface area contributed by atoms with E-state index in [2.05, 4.69) is 33.2 Å². The summed E-state index contributed by atoms with van der Waals surface area (Å²) >= 11 is 0. The number of piperidine rings is 1. The van der Waals surface area contributed by atoms with Gasteiger partial charge in [-0.05, 0) is 35.1 Å². The highest BCUT2D eigenvalue weighted by atomic mass is 16.2. The van der Waals surface area contributed by atoms with Gasteiger partial charge in [-0.2, -0.15) is 10.2 Å². The quantitative estimate of drug-likeness (QED) is 0.671. The third-order valence-electron chi connectivity index (χ3n) is 6.49. The molecule has 2 aromatic carbocycles. The Bertz CT molecular complexity index is 1260. The number of aromatic nitrogens is 2. The minimum Gasteiger partial charge on any atom is -0.342 e. The number of benzene rings is 2. The molecule has 3 heterocycles. The number of nitrogens with one attached hydrogen (secondary N) is 2. The van der Waals surface area contributed by atoms with Gasteiger partial charge in [0.05, 0.1) is 11.6 Å². The van der Waals surface area contributed by atoms with Gasteiger partial charge in [-0.15, -0.1) is 0 Å². The molecule has 0 radical (unpaired) electrons. The molecule has 0 saturated carbocycles. The zero-order chi connectivity index (χ0) is 21.5. The van der Waals surface area contributed by atoms with Crippen LogP contribution in [0.15, 0.2) is 47.3 Å². The van der Waals surface area contributed by atoms with E-state index in [9.17, 15) is 14.9 Å². The van der Waals surface area contributed by atoms with Gasteiger partial charge in [0.25, 0.3) is 5.56 Å². The molecule has 1 saturated heterocycles. The maximum Gasteiger partial charge on any atom is 0.258 e. The standard InChI is InChI=1S/C24H23N5O2/c1-14-9-11-29(12-10-14)24-27-21-20(23(31)28-24)19(18(13-25)22(30)26-21)17-8-4-6-15-5-2-3-7-16(15)17/h2-8,14,18-19H,9-12H2,1H3,(H2,26,27,28,30,31). The van der Waals surface area contributed by atoms with Crippen LogP contribution in [-0.4, -0.2) is 29.0 Å². The van der Waals surface area contributed by atoms with Crippen molar-refractivity contribution in [3.05, 3.63) is 63.9 Å². The predicted octanol–water partition coefficient (Wildman–Crippen LogP) is 3.38. The topological polar surface area (TPSA) is 102 Å². The molecule has 1 amide bonds. The normalized spacial score (nSPS) is 21.4. The lowest BCUT2D eigenvalue weighted by Crippen LogP contribution is -2.40. The lowest BCUT2D eigenvalue weighted by molar-refractivity contribution is -0.119. The van der Waals surface area contributed by atoms with Crippen LogP contribution in [-0.2, 0) is 4.79 Å². The Kier molecular flexibility index (Phi) is 4.70. The molecular formula is C24H23N5O2. The first-order chi connectivity index (χ1) is 15.1. The van der Waals surface area contributed by atoms with Crippen molar-refractivity contribution in [1.29, 1.82) is 5.26 Å². The second kappa shape index (κ2) is 7.55. The monoisotopic (exact) mass is 413 g/mol. The minimum absolute atomic E-state index is 0.256. The number of aromatic amines is 1. The Morgan fingerprint density at radius 3 is 2.61 bits per heavy atom. The van der Waals surface area contributed by atoms with Gasteiger partial charge in [0.1, 0.15) is 11.7 Å². The number of carbonyl (C=O) groups excluding carboxylic acids is 1. The zero-order valence-corrected chi connectivity index (χ0v) is 17.3. The largest absolute Gasteiger partial charge is 0.342 e. The second-order valence-electron chi connectivity index (χ2n) is 8.46. The van der Waals surface area contributed by atoms with Crippen molar-refractivity contribution in [3.63, 3.8) is 0 Å². The number of H-pyrrole nitrogens is 1. The van der Waals surface area contributed by atoms with Crippen molar-refractivity contribution < 1.29 is 4.79 Å². The third-order valence-corrected chi connectivity index (χ3v) is 6.49. The van der Waals surface area contributed by atoms with E-state index in [0.717, 1.165) is 42.3 Å². The number of amides is 1. The van der Waals surface area contributed by atoms with E-state index in [1.54, 1.807) is 0 Å². The van der Waals surface area contributed by atoms with Gasteiger partial charge in [-0.1, -0.05) is 49.4 Å². The third kappa shape index (κ3) is 3.25. The summed E-state index contributed by atoms with van der Waals surface area (Å²) < 4.78 is 0. The van der Waals surface area contributed by atoms with Crippen LogP contribution in [0.2, 0.25) is 0 Å². The number of rotatable bonds is 2. The van der Waals surface area contributed by atoms with Gasteiger partial charge in [-0.25, -0.2) is 0 Å². The number of anilines is 2. The smallest absolute Gasteiger partial charge is 0.258 e. The zero-order valence-electron chi connectivity index (χ0n) is 17.3. The van der Waals surface area contributed by atoms with Gasteiger partial charge < -0.3 is 10.2 Å². The molecule has 2 atom stereocenters. The summed E-state index contributed by atoms with van der Waals surface area (Å²) in [7, 11) is 0. The molecule has 31 heavy (non-hydrogen) atoms. The van der Waals surface area contributed by atoms with Crippen molar-refractivity contribution in [2.24, 2.45) is 11.8 Å². The van der Waals surface area contributed by atoms with Crippen LogP contribution < -0.4 is 15.8 Å². The Morgan fingerprint density at radius 2 is 1.84 bits per heavy atom. The number of fused-ring (bicyclic) bond motifs is 2. The van der Waals surface area contributed by atoms with E-state index >= 15 is 0 Å². The number of hydrogen-bond donors (Lipinski definition) is 2. The Hall–Kier alpha value is -3.66. The van der Waals surface area contributed by atoms with Gasteiger partial charge in [-0.3, -0.25) is 14.6 Å². The van der Waals surface area contributed by atoms with E-state index in [1.807, 2.05) is 42.5 Å². The number of hydrogen-bond acceptors (Lipinski definition) is 5. The lowest BCUT2D eigenvalue weighted by atomic mass is 9.77. The molecule has 1 aromatic heterocycles. The Balaban J connectivity index is 1.67. The van der Waals surface area contributed by atoms with E-state index in [4.69, 9.17) is 0 Å². The highest BCUT2D eigenvalue weighted by molar-refractivity contribution is 5.99. The predicted molar refractivity (Wildman–Crippen MR) is 119 cm³/mol. The van der Waals surface area contributed by atoms with E-state index < -0.39 is 17.7 Å². The van der Waals surface area contributed by atoms with Crippen LogP contribution >= 0.6 is 0 Å². The molecule has 2 aliphatic heterocycles. The molecule has 2 N–H and O–H groups in total. The highest BCUT2D eigenvalue weighted by Gasteiger charge is 2.41. The van der Waals surface area contributed by atoms with Crippen molar-refractivity contribution >= 4 is 28.4 Å². The van der Waals surface area contributed by atoms with Gasteiger partial charge in [0, 0.05) is 19.0 Å². The summed E-state index contributed by atoms with van der Waals surface area (Å²) in [6.07, 6.45) is 2.06. The number of nitriles is 1. The molecule has 2 aliphatic rings. The molecule has 7 nitrogen and oxygen atoms in total. The fraction of sp³-hybridized carbons (Fsp3) is 0.333. The SMILES string of the molecule is CC1CCN(c2nc3c(c(=O)[nH]2)C(c2cccc4ccccc24)C(C#N)C(=O)N3)CC1. The highest BCUT2D eigenvalue weighted by Crippen LogP contribution is 2.40. The minimum atomic E-state index is -1.01. The molecule has 0 spiro atoms. The molecule has 7 heteroatoms. The Morgan fingerprint density at radius 1 is 1.10 bits per heavy atom. The molecule has 156 valence electrons. The first kappa shape index (κ1) is 19.3. The van der Waals surface area contributed by atoms with Crippen LogP contribution in [0.25, 0.3) is 10.8 Å². The summed E-state index contributed by atoms with van der Waals surface area (Å²) in [4.78, 5) is 35.8. The molecular weight excluding hydrogens is 390 g/mol. The van der Waals surface area contributed by atoms with Crippen LogP contribution in [0.5, 0.6) is 0 Å². The van der Waals surface area contributed by atoms with Crippen LogP contribution in [0.4, 0.5) is 11.8 Å². The summed E-state index contributed by atoms with van der Waals surface area (Å²) in [5, 5.41) is 14.4. The Labute approximate surface area is 179 Å². The maximum absolute atomic E-state index is 13.3. The molecule has 0 bridgehead atoms. The molecule has 0 aliphatic carbocycles. The summed E-state index contributed by atoms with van der Waals surface area (Å²) in [6, 6.07) is 15.7. The average Bonchev–Trinajstić information content (AvgIpc) is 2.78. The second-order valence-corrected chi connectivity index (χ2v) is 8.46. The maximum atomic E-state index is 13.3. The molecule has 5 rings (SSSR count). The van der Waals surface area contributed by atoms with Crippen molar-refractivity contribution in [3.8, 4) is 6.07 Å². The molecule has 3 aromatic rings. The number of nitrogens with zero attached hydrogens (tertiary/aromatic N) is 3. The fourth-order valence-electron chi connectivity index (χ4n) is 4.73. The van der Waals surface area contributed by atoms with Crippen molar-refractivity contribution in [2.75, 3.05) is 23.3 Å². The van der Waals surface area contributed by atoms with Gasteiger partial charge in [0.15, 0.2) is 0 Å². The summed E-state index contributed by atoms with van der Waals surface area (Å²) in [6.45, 7) is 3.84. The van der Waals surface area contributed by atoms with Crippen LogP contribution in [0.3, 0.4) is 0 Å². The van der Waals surface area contributed by atoms with Gasteiger partial charge in [0.2, 0.25) is 11.9 Å². The fourth-order valence-corrected chi connectivity index (χ4v) is 4.73. The molecule has 1 fully saturated rings. The average molecular weight is 413 g/mol. The van der Waals surface area contributed by atoms with E-state index in [-0.39, 0.29) is 11.4 Å². The molecule has 2 unspecified atom stereocenters. The lowest BCUT2D eigenvalue weighted by Gasteiger charge is -2.33. The van der Waals surface area contributed by atoms with Gasteiger partial charge >= 0.3 is 0 Å². The van der Waals surface area contributed by atoms with E-state index in [1.165, 1.54) is 0 Å². The first-order valence-electron chi connectivity index (χ1n) is 10.6. The van der Waals surface area contributed by atoms with E-state index in [0.29, 0.717) is 17.4 Å². The first-order valence-corrected chi connectivity index (χ1v) is 10.6. The summed E-state index contributed by atoms with van der Waals surface area (Å²) in [5.74, 6) is -0.749. The number of carbonyl (C=O) groups is 1. The van der Waals surface area contributed by atoms with Crippen molar-refractivity contribution in [1.82, 2.24) is 9.97 Å². The van der Waals surface area contributed by atoms with Crippen molar-refractivity contribution in [2.45, 2.75) is 25.7 Å².